The van der Waals surface area contributed by atoms with E-state index in [0.717, 1.165) is 30.6 Å². The Bertz CT molecular complexity index is 490. The fourth-order valence-electron chi connectivity index (χ4n) is 1.99. The molecule has 0 aliphatic carbocycles. The molecule has 0 heterocycles. The van der Waals surface area contributed by atoms with Gasteiger partial charge in [0.1, 0.15) is 0 Å². The van der Waals surface area contributed by atoms with Crippen LogP contribution in [0, 0.1) is 16.7 Å². The van der Waals surface area contributed by atoms with Gasteiger partial charge >= 0.3 is 0 Å². The van der Waals surface area contributed by atoms with E-state index in [1.54, 1.807) is 7.11 Å². The number of rotatable bonds is 8. The second-order valence-electron chi connectivity index (χ2n) is 6.00. The van der Waals surface area contributed by atoms with Gasteiger partial charge in [-0.1, -0.05) is 6.07 Å². The number of benzene rings is 1. The molecule has 0 fully saturated rings. The molecule has 0 saturated carbocycles. The van der Waals surface area contributed by atoms with Crippen LogP contribution in [0.2, 0.25) is 0 Å². The summed E-state index contributed by atoms with van der Waals surface area (Å²) in [6, 6.07) is 8.06. The Morgan fingerprint density at radius 3 is 2.57 bits per heavy atom. The van der Waals surface area contributed by atoms with Gasteiger partial charge in [-0.05, 0) is 57.7 Å². The van der Waals surface area contributed by atoms with Crippen LogP contribution in [0.15, 0.2) is 18.2 Å². The molecule has 0 spiro atoms. The molecule has 0 amide bonds. The number of hydrogen-bond donors (Lipinski definition) is 1. The van der Waals surface area contributed by atoms with Gasteiger partial charge < -0.3 is 15.2 Å². The SMILES string of the molecule is COc1cc(C(C)N)ccc1OCCCCC(C)(C)C#N. The minimum Gasteiger partial charge on any atom is -0.493 e. The summed E-state index contributed by atoms with van der Waals surface area (Å²) in [7, 11) is 1.63. The molecule has 0 aliphatic rings. The van der Waals surface area contributed by atoms with Crippen molar-refractivity contribution in [3.05, 3.63) is 23.8 Å². The van der Waals surface area contributed by atoms with Crippen molar-refractivity contribution in [2.24, 2.45) is 11.1 Å². The molecule has 0 aliphatic heterocycles. The predicted molar refractivity (Wildman–Crippen MR) is 84.3 cm³/mol. The highest BCUT2D eigenvalue weighted by Gasteiger charge is 2.15. The van der Waals surface area contributed by atoms with Crippen molar-refractivity contribution in [3.8, 4) is 17.6 Å². The molecule has 1 unspecified atom stereocenters. The van der Waals surface area contributed by atoms with Gasteiger partial charge in [0.05, 0.1) is 25.2 Å². The van der Waals surface area contributed by atoms with Crippen LogP contribution < -0.4 is 15.2 Å². The van der Waals surface area contributed by atoms with Crippen molar-refractivity contribution >= 4 is 0 Å². The van der Waals surface area contributed by atoms with E-state index < -0.39 is 0 Å². The zero-order valence-corrected chi connectivity index (χ0v) is 13.5. The molecule has 4 nitrogen and oxygen atoms in total. The summed E-state index contributed by atoms with van der Waals surface area (Å²) in [4.78, 5) is 0. The molecule has 1 atom stereocenters. The lowest BCUT2D eigenvalue weighted by Crippen LogP contribution is -2.09. The largest absolute Gasteiger partial charge is 0.493 e. The van der Waals surface area contributed by atoms with Crippen molar-refractivity contribution in [1.29, 1.82) is 5.26 Å². The van der Waals surface area contributed by atoms with Crippen LogP contribution in [0.5, 0.6) is 11.5 Å². The minimum absolute atomic E-state index is 0.0267. The van der Waals surface area contributed by atoms with Gasteiger partial charge in [-0.3, -0.25) is 0 Å². The summed E-state index contributed by atoms with van der Waals surface area (Å²) in [5, 5.41) is 8.96. The van der Waals surface area contributed by atoms with Crippen LogP contribution in [-0.4, -0.2) is 13.7 Å². The minimum atomic E-state index is -0.253. The molecular formula is C17H26N2O2. The van der Waals surface area contributed by atoms with Gasteiger partial charge in [-0.25, -0.2) is 0 Å². The van der Waals surface area contributed by atoms with E-state index >= 15 is 0 Å². The van der Waals surface area contributed by atoms with E-state index in [0.29, 0.717) is 12.4 Å². The van der Waals surface area contributed by atoms with E-state index in [4.69, 9.17) is 20.5 Å². The van der Waals surface area contributed by atoms with Crippen molar-refractivity contribution in [2.75, 3.05) is 13.7 Å². The van der Waals surface area contributed by atoms with Crippen molar-refractivity contribution in [1.82, 2.24) is 0 Å². The summed E-state index contributed by atoms with van der Waals surface area (Å²) in [5.41, 5.74) is 6.63. The highest BCUT2D eigenvalue weighted by atomic mass is 16.5. The maximum Gasteiger partial charge on any atom is 0.161 e. The second-order valence-corrected chi connectivity index (χ2v) is 6.00. The summed E-state index contributed by atoms with van der Waals surface area (Å²) in [6.45, 7) is 6.48. The molecule has 21 heavy (non-hydrogen) atoms. The van der Waals surface area contributed by atoms with E-state index in [9.17, 15) is 0 Å². The van der Waals surface area contributed by atoms with Crippen LogP contribution in [0.4, 0.5) is 0 Å². The Morgan fingerprint density at radius 1 is 1.29 bits per heavy atom. The van der Waals surface area contributed by atoms with Gasteiger partial charge in [0.2, 0.25) is 0 Å². The average Bonchev–Trinajstić information content (AvgIpc) is 2.46. The summed E-state index contributed by atoms with van der Waals surface area (Å²) < 4.78 is 11.1. The first-order valence-electron chi connectivity index (χ1n) is 7.37. The Balaban J connectivity index is 2.47. The third kappa shape index (κ3) is 5.65. The molecule has 1 aromatic rings. The lowest BCUT2D eigenvalue weighted by Gasteiger charge is -2.15. The number of nitrogens with zero attached hydrogens (tertiary/aromatic N) is 1. The molecule has 0 radical (unpaired) electrons. The van der Waals surface area contributed by atoms with Gasteiger partial charge in [0.15, 0.2) is 11.5 Å². The molecule has 4 heteroatoms. The quantitative estimate of drug-likeness (QED) is 0.739. The molecular weight excluding hydrogens is 264 g/mol. The molecule has 1 rings (SSSR count). The maximum absolute atomic E-state index is 8.96. The maximum atomic E-state index is 8.96. The molecule has 0 aromatic heterocycles. The number of unbranched alkanes of at least 4 members (excludes halogenated alkanes) is 1. The molecule has 1 aromatic carbocycles. The standard InChI is InChI=1S/C17H26N2O2/c1-13(19)14-7-8-15(16(11-14)20-4)21-10-6-5-9-17(2,3)12-18/h7-8,11,13H,5-6,9-10,19H2,1-4H3. The Hall–Kier alpha value is -1.73. The zero-order valence-electron chi connectivity index (χ0n) is 13.5. The summed E-state index contributed by atoms with van der Waals surface area (Å²) in [6.07, 6.45) is 2.78. The van der Waals surface area contributed by atoms with E-state index in [-0.39, 0.29) is 11.5 Å². The first kappa shape index (κ1) is 17.3. The lowest BCUT2D eigenvalue weighted by atomic mass is 9.89. The average molecular weight is 290 g/mol. The fourth-order valence-corrected chi connectivity index (χ4v) is 1.99. The van der Waals surface area contributed by atoms with Crippen LogP contribution in [0.3, 0.4) is 0 Å². The molecule has 0 bridgehead atoms. The van der Waals surface area contributed by atoms with E-state index in [2.05, 4.69) is 6.07 Å². The fraction of sp³-hybridized carbons (Fsp3) is 0.588. The van der Waals surface area contributed by atoms with Gasteiger partial charge in [0, 0.05) is 6.04 Å². The number of hydrogen-bond acceptors (Lipinski definition) is 4. The summed E-state index contributed by atoms with van der Waals surface area (Å²) in [5.74, 6) is 1.45. The first-order valence-corrected chi connectivity index (χ1v) is 7.37. The Kier molecular flexibility index (Phi) is 6.51. The summed E-state index contributed by atoms with van der Waals surface area (Å²) >= 11 is 0. The number of ether oxygens (including phenoxy) is 2. The van der Waals surface area contributed by atoms with Gasteiger partial charge in [-0.2, -0.15) is 5.26 Å². The third-order valence-corrected chi connectivity index (χ3v) is 3.47. The lowest BCUT2D eigenvalue weighted by molar-refractivity contribution is 0.278. The van der Waals surface area contributed by atoms with Crippen molar-refractivity contribution in [2.45, 2.75) is 46.1 Å². The van der Waals surface area contributed by atoms with Crippen LogP contribution in [-0.2, 0) is 0 Å². The normalized spacial score (nSPS) is 12.6. The number of methoxy groups -OCH3 is 1. The molecule has 0 saturated heterocycles. The zero-order chi connectivity index (χ0) is 15.9. The smallest absolute Gasteiger partial charge is 0.161 e. The topological polar surface area (TPSA) is 68.3 Å². The number of nitriles is 1. The van der Waals surface area contributed by atoms with Crippen LogP contribution >= 0.6 is 0 Å². The van der Waals surface area contributed by atoms with Gasteiger partial charge in [-0.15, -0.1) is 0 Å². The van der Waals surface area contributed by atoms with Crippen molar-refractivity contribution < 1.29 is 9.47 Å². The van der Waals surface area contributed by atoms with Crippen LogP contribution in [0.25, 0.3) is 0 Å². The second kappa shape index (κ2) is 7.90. The van der Waals surface area contributed by atoms with Crippen molar-refractivity contribution in [3.63, 3.8) is 0 Å². The Labute approximate surface area is 127 Å². The Morgan fingerprint density at radius 2 is 2.00 bits per heavy atom. The monoisotopic (exact) mass is 290 g/mol. The third-order valence-electron chi connectivity index (χ3n) is 3.47. The van der Waals surface area contributed by atoms with E-state index in [1.807, 2.05) is 39.0 Å². The molecule has 116 valence electrons. The first-order chi connectivity index (χ1) is 9.89. The van der Waals surface area contributed by atoms with E-state index in [1.165, 1.54) is 0 Å². The number of nitrogens with two attached hydrogens (primary N) is 1. The molecule has 2 N–H and O–H groups in total. The highest BCUT2D eigenvalue weighted by molar-refractivity contribution is 5.43. The van der Waals surface area contributed by atoms with Crippen LogP contribution in [0.1, 0.15) is 51.6 Å². The predicted octanol–water partition coefficient (Wildman–Crippen LogP) is 3.81. The highest BCUT2D eigenvalue weighted by Crippen LogP contribution is 2.30. The van der Waals surface area contributed by atoms with Gasteiger partial charge in [0.25, 0.3) is 0 Å².